The number of carbonyl (C=O) groups excluding carboxylic acids is 2. The van der Waals surface area contributed by atoms with Gasteiger partial charge >= 0.3 is 0 Å². The van der Waals surface area contributed by atoms with Crippen LogP contribution in [0.4, 0.5) is 11.4 Å². The van der Waals surface area contributed by atoms with Crippen LogP contribution >= 0.6 is 0 Å². The van der Waals surface area contributed by atoms with Crippen LogP contribution in [0.25, 0.3) is 5.57 Å². The first-order valence-corrected chi connectivity index (χ1v) is 10.9. The van der Waals surface area contributed by atoms with Crippen molar-refractivity contribution in [2.75, 3.05) is 31.0 Å². The molecule has 1 heterocycles. The number of aryl methyl sites for hydroxylation is 1. The van der Waals surface area contributed by atoms with E-state index in [0.29, 0.717) is 40.8 Å². The van der Waals surface area contributed by atoms with Crippen LogP contribution in [0.5, 0.6) is 17.2 Å². The lowest BCUT2D eigenvalue weighted by molar-refractivity contribution is -0.120. The molecule has 0 saturated carbocycles. The number of ether oxygens (including phenoxy) is 3. The second kappa shape index (κ2) is 9.70. The number of imide groups is 1. The first-order chi connectivity index (χ1) is 16.5. The topological polar surface area (TPSA) is 77.1 Å². The van der Waals surface area contributed by atoms with Gasteiger partial charge in [0.1, 0.15) is 22.9 Å². The molecule has 0 aromatic heterocycles. The zero-order valence-corrected chi connectivity index (χ0v) is 19.5. The maximum atomic E-state index is 13.6. The number of benzene rings is 3. The summed E-state index contributed by atoms with van der Waals surface area (Å²) in [7, 11) is 3.09. The van der Waals surface area contributed by atoms with Crippen molar-refractivity contribution in [2.24, 2.45) is 0 Å². The lowest BCUT2D eigenvalue weighted by atomic mass is 10.0. The van der Waals surface area contributed by atoms with E-state index in [1.54, 1.807) is 61.7 Å². The molecular formula is C27H26N2O5. The number of rotatable bonds is 8. The minimum absolute atomic E-state index is 0.165. The maximum absolute atomic E-state index is 13.6. The second-order valence-corrected chi connectivity index (χ2v) is 7.68. The summed E-state index contributed by atoms with van der Waals surface area (Å²) in [5.41, 5.74) is 3.11. The van der Waals surface area contributed by atoms with Gasteiger partial charge in [0.2, 0.25) is 0 Å². The number of nitrogens with one attached hydrogen (secondary N) is 1. The van der Waals surface area contributed by atoms with Crippen LogP contribution in [0, 0.1) is 6.92 Å². The van der Waals surface area contributed by atoms with Crippen LogP contribution < -0.4 is 24.4 Å². The highest BCUT2D eigenvalue weighted by Crippen LogP contribution is 2.37. The van der Waals surface area contributed by atoms with E-state index in [-0.39, 0.29) is 11.3 Å². The fraction of sp³-hybridized carbons (Fsp3) is 0.185. The molecule has 0 aliphatic carbocycles. The van der Waals surface area contributed by atoms with Gasteiger partial charge in [-0.05, 0) is 55.8 Å². The smallest absolute Gasteiger partial charge is 0.282 e. The number of anilines is 2. The van der Waals surface area contributed by atoms with Gasteiger partial charge in [-0.2, -0.15) is 0 Å². The van der Waals surface area contributed by atoms with Gasteiger partial charge in [0.15, 0.2) is 0 Å². The third-order valence-corrected chi connectivity index (χ3v) is 5.50. The molecule has 2 amide bonds. The van der Waals surface area contributed by atoms with E-state index < -0.39 is 11.8 Å². The van der Waals surface area contributed by atoms with Crippen molar-refractivity contribution in [2.45, 2.75) is 13.8 Å². The molecule has 0 unspecified atom stereocenters. The third-order valence-electron chi connectivity index (χ3n) is 5.50. The molecule has 0 atom stereocenters. The molecule has 1 aliphatic rings. The highest BCUT2D eigenvalue weighted by molar-refractivity contribution is 6.46. The standard InChI is InChI=1S/C27H26N2O5/c1-5-34-20-12-8-18(9-13-20)24-25(28-22-15-14-21(32-3)16-23(22)33-4)27(31)29(26(24)30)19-10-6-17(2)7-11-19/h6-16,28H,5H2,1-4H3. The molecule has 0 radical (unpaired) electrons. The number of carbonyl (C=O) groups is 2. The maximum Gasteiger partial charge on any atom is 0.282 e. The quantitative estimate of drug-likeness (QED) is 0.489. The fourth-order valence-corrected chi connectivity index (χ4v) is 3.76. The molecule has 0 saturated heterocycles. The molecule has 1 N–H and O–H groups in total. The summed E-state index contributed by atoms with van der Waals surface area (Å²) in [4.78, 5) is 28.4. The number of amides is 2. The Balaban J connectivity index is 1.80. The fourth-order valence-electron chi connectivity index (χ4n) is 3.76. The van der Waals surface area contributed by atoms with Crippen molar-refractivity contribution in [3.8, 4) is 17.2 Å². The zero-order chi connectivity index (χ0) is 24.2. The predicted octanol–water partition coefficient (Wildman–Crippen LogP) is 4.81. The van der Waals surface area contributed by atoms with E-state index in [2.05, 4.69) is 5.32 Å². The van der Waals surface area contributed by atoms with Crippen LogP contribution in [0.2, 0.25) is 0 Å². The molecule has 7 heteroatoms. The SMILES string of the molecule is CCOc1ccc(C2=C(Nc3ccc(OC)cc3OC)C(=O)N(c3ccc(C)cc3)C2=O)cc1. The van der Waals surface area contributed by atoms with Crippen molar-refractivity contribution in [1.82, 2.24) is 0 Å². The lowest BCUT2D eigenvalue weighted by Gasteiger charge is -2.16. The molecule has 7 nitrogen and oxygen atoms in total. The molecular weight excluding hydrogens is 432 g/mol. The summed E-state index contributed by atoms with van der Waals surface area (Å²) in [6, 6.07) is 19.6. The number of methoxy groups -OCH3 is 2. The average Bonchev–Trinajstić information content (AvgIpc) is 3.10. The van der Waals surface area contributed by atoms with Crippen molar-refractivity contribution in [1.29, 1.82) is 0 Å². The van der Waals surface area contributed by atoms with E-state index >= 15 is 0 Å². The van der Waals surface area contributed by atoms with E-state index in [9.17, 15) is 9.59 Å². The summed E-state index contributed by atoms with van der Waals surface area (Å²) in [5.74, 6) is 0.916. The normalized spacial score (nSPS) is 13.4. The monoisotopic (exact) mass is 458 g/mol. The predicted molar refractivity (Wildman–Crippen MR) is 131 cm³/mol. The van der Waals surface area contributed by atoms with Crippen LogP contribution in [-0.4, -0.2) is 32.6 Å². The van der Waals surface area contributed by atoms with Gasteiger partial charge in [-0.1, -0.05) is 29.8 Å². The summed E-state index contributed by atoms with van der Waals surface area (Å²) in [6.07, 6.45) is 0. The Bertz CT molecular complexity index is 1250. The summed E-state index contributed by atoms with van der Waals surface area (Å²) >= 11 is 0. The third kappa shape index (κ3) is 4.32. The molecule has 34 heavy (non-hydrogen) atoms. The zero-order valence-electron chi connectivity index (χ0n) is 19.5. The Kier molecular flexibility index (Phi) is 6.54. The van der Waals surface area contributed by atoms with Gasteiger partial charge in [0.25, 0.3) is 11.8 Å². The molecule has 174 valence electrons. The Morgan fingerprint density at radius 1 is 0.824 bits per heavy atom. The van der Waals surface area contributed by atoms with Gasteiger partial charge in [-0.15, -0.1) is 0 Å². The molecule has 3 aromatic rings. The van der Waals surface area contributed by atoms with Gasteiger partial charge in [-0.25, -0.2) is 4.90 Å². The Labute approximate surface area is 198 Å². The van der Waals surface area contributed by atoms with Crippen molar-refractivity contribution >= 4 is 28.8 Å². The first kappa shape index (κ1) is 22.9. The number of hydrogen-bond acceptors (Lipinski definition) is 6. The van der Waals surface area contributed by atoms with Crippen LogP contribution in [-0.2, 0) is 9.59 Å². The van der Waals surface area contributed by atoms with E-state index in [1.807, 2.05) is 26.0 Å². The van der Waals surface area contributed by atoms with E-state index in [0.717, 1.165) is 5.56 Å². The molecule has 0 bridgehead atoms. The number of nitrogens with zero attached hydrogens (tertiary/aromatic N) is 1. The Morgan fingerprint density at radius 2 is 1.50 bits per heavy atom. The van der Waals surface area contributed by atoms with Gasteiger partial charge in [-0.3, -0.25) is 9.59 Å². The molecule has 4 rings (SSSR count). The van der Waals surface area contributed by atoms with E-state index in [1.165, 1.54) is 12.0 Å². The molecule has 3 aromatic carbocycles. The highest BCUT2D eigenvalue weighted by atomic mass is 16.5. The van der Waals surface area contributed by atoms with Gasteiger partial charge in [0.05, 0.1) is 37.8 Å². The summed E-state index contributed by atoms with van der Waals surface area (Å²) < 4.78 is 16.3. The van der Waals surface area contributed by atoms with E-state index in [4.69, 9.17) is 14.2 Å². The largest absolute Gasteiger partial charge is 0.497 e. The van der Waals surface area contributed by atoms with Gasteiger partial charge in [0, 0.05) is 6.07 Å². The first-order valence-electron chi connectivity index (χ1n) is 10.9. The van der Waals surface area contributed by atoms with Crippen molar-refractivity contribution < 1.29 is 23.8 Å². The summed E-state index contributed by atoms with van der Waals surface area (Å²) in [5, 5.41) is 3.15. The van der Waals surface area contributed by atoms with Crippen LogP contribution in [0.15, 0.2) is 72.4 Å². The van der Waals surface area contributed by atoms with Crippen LogP contribution in [0.3, 0.4) is 0 Å². The van der Waals surface area contributed by atoms with Crippen LogP contribution in [0.1, 0.15) is 18.1 Å². The average molecular weight is 459 g/mol. The number of hydrogen-bond donors (Lipinski definition) is 1. The minimum atomic E-state index is -0.449. The Hall–Kier alpha value is -4.26. The highest BCUT2D eigenvalue weighted by Gasteiger charge is 2.40. The van der Waals surface area contributed by atoms with Gasteiger partial charge < -0.3 is 19.5 Å². The molecule has 0 fully saturated rings. The second-order valence-electron chi connectivity index (χ2n) is 7.68. The molecule has 0 spiro atoms. The lowest BCUT2D eigenvalue weighted by Crippen LogP contribution is -2.32. The molecule has 1 aliphatic heterocycles. The summed E-state index contributed by atoms with van der Waals surface area (Å²) in [6.45, 7) is 4.38. The van der Waals surface area contributed by atoms with Crippen molar-refractivity contribution in [3.05, 3.63) is 83.6 Å². The minimum Gasteiger partial charge on any atom is -0.497 e. The van der Waals surface area contributed by atoms with Crippen molar-refractivity contribution in [3.63, 3.8) is 0 Å². The Morgan fingerprint density at radius 3 is 2.12 bits per heavy atom.